The first-order valence-electron chi connectivity index (χ1n) is 9.37. The van der Waals surface area contributed by atoms with Crippen LogP contribution in [0.3, 0.4) is 0 Å². The number of nitro benzene ring substituents is 1. The first-order valence-corrected chi connectivity index (χ1v) is 9.37. The van der Waals surface area contributed by atoms with Gasteiger partial charge in [-0.25, -0.2) is 9.59 Å². The number of nitrogens with zero attached hydrogens (tertiary/aromatic N) is 1. The van der Waals surface area contributed by atoms with Crippen molar-refractivity contribution in [3.05, 3.63) is 62.5 Å². The maximum absolute atomic E-state index is 13.2. The molecular formula is C21H26N2O7. The number of carbonyl (C=O) groups excluding carboxylic acids is 1. The number of methoxy groups -OCH3 is 1. The largest absolute Gasteiger partial charge is 0.478 e. The van der Waals surface area contributed by atoms with Gasteiger partial charge in [-0.3, -0.25) is 10.1 Å². The predicted molar refractivity (Wildman–Crippen MR) is 109 cm³/mol. The monoisotopic (exact) mass is 418 g/mol. The van der Waals surface area contributed by atoms with Gasteiger partial charge < -0.3 is 19.9 Å². The highest BCUT2D eigenvalue weighted by Crippen LogP contribution is 2.40. The van der Waals surface area contributed by atoms with Gasteiger partial charge in [0.05, 0.1) is 22.0 Å². The van der Waals surface area contributed by atoms with Crippen molar-refractivity contribution in [1.29, 1.82) is 0 Å². The summed E-state index contributed by atoms with van der Waals surface area (Å²) in [6.07, 6.45) is 0.442. The van der Waals surface area contributed by atoms with Gasteiger partial charge in [-0.1, -0.05) is 12.1 Å². The average Bonchev–Trinajstić information content (AvgIpc) is 2.65. The van der Waals surface area contributed by atoms with E-state index in [1.54, 1.807) is 40.9 Å². The van der Waals surface area contributed by atoms with Crippen LogP contribution in [0, 0.1) is 10.1 Å². The third-order valence-corrected chi connectivity index (χ3v) is 4.90. The minimum absolute atomic E-state index is 0.0669. The summed E-state index contributed by atoms with van der Waals surface area (Å²) in [7, 11) is 1.54. The van der Waals surface area contributed by atoms with E-state index in [4.69, 9.17) is 9.47 Å². The number of dihydropyridines is 1. The molecule has 9 nitrogen and oxygen atoms in total. The molecular weight excluding hydrogens is 392 g/mol. The van der Waals surface area contributed by atoms with Gasteiger partial charge in [-0.2, -0.15) is 0 Å². The zero-order chi connectivity index (χ0) is 22.6. The highest BCUT2D eigenvalue weighted by Gasteiger charge is 2.39. The van der Waals surface area contributed by atoms with E-state index < -0.39 is 28.4 Å². The van der Waals surface area contributed by atoms with Gasteiger partial charge in [-0.05, 0) is 33.3 Å². The lowest BCUT2D eigenvalue weighted by Crippen LogP contribution is -2.36. The summed E-state index contributed by atoms with van der Waals surface area (Å²) >= 11 is 0. The highest BCUT2D eigenvalue weighted by atomic mass is 16.6. The molecule has 0 radical (unpaired) electrons. The highest BCUT2D eigenvalue weighted by molar-refractivity contribution is 5.99. The molecule has 0 amide bonds. The SMILES string of the molecule is COCCC(C)(C)OC(=O)C1=C(C)NC(C)=C(C(=O)O)C1c1cccc([N+](=O)[O-])c1. The number of carboxylic acids is 1. The summed E-state index contributed by atoms with van der Waals surface area (Å²) < 4.78 is 10.7. The smallest absolute Gasteiger partial charge is 0.337 e. The molecule has 0 aliphatic carbocycles. The van der Waals surface area contributed by atoms with Crippen LogP contribution in [0.25, 0.3) is 0 Å². The summed E-state index contributed by atoms with van der Waals surface area (Å²) in [4.78, 5) is 35.9. The number of benzene rings is 1. The van der Waals surface area contributed by atoms with Crippen LogP contribution in [-0.2, 0) is 19.1 Å². The molecule has 30 heavy (non-hydrogen) atoms. The zero-order valence-corrected chi connectivity index (χ0v) is 17.6. The van der Waals surface area contributed by atoms with E-state index >= 15 is 0 Å². The third kappa shape index (κ3) is 5.04. The van der Waals surface area contributed by atoms with Crippen LogP contribution in [0.5, 0.6) is 0 Å². The van der Waals surface area contributed by atoms with Crippen LogP contribution >= 0.6 is 0 Å². The minimum Gasteiger partial charge on any atom is -0.478 e. The number of hydrogen-bond acceptors (Lipinski definition) is 7. The number of ether oxygens (including phenoxy) is 2. The van der Waals surface area contributed by atoms with E-state index in [0.29, 0.717) is 30.0 Å². The molecule has 1 aromatic carbocycles. The molecule has 0 saturated heterocycles. The molecule has 1 aliphatic heterocycles. The lowest BCUT2D eigenvalue weighted by molar-refractivity contribution is -0.384. The molecule has 1 aliphatic rings. The summed E-state index contributed by atoms with van der Waals surface area (Å²) in [6, 6.07) is 5.62. The van der Waals surface area contributed by atoms with Gasteiger partial charge >= 0.3 is 11.9 Å². The van der Waals surface area contributed by atoms with Crippen molar-refractivity contribution in [2.75, 3.05) is 13.7 Å². The Labute approximate surface area is 174 Å². The van der Waals surface area contributed by atoms with Gasteiger partial charge in [0.15, 0.2) is 0 Å². The van der Waals surface area contributed by atoms with Crippen molar-refractivity contribution in [3.8, 4) is 0 Å². The van der Waals surface area contributed by atoms with Crippen molar-refractivity contribution in [2.24, 2.45) is 0 Å². The maximum Gasteiger partial charge on any atom is 0.337 e. The van der Waals surface area contributed by atoms with Gasteiger partial charge in [0.1, 0.15) is 5.60 Å². The van der Waals surface area contributed by atoms with Crippen LogP contribution < -0.4 is 5.32 Å². The number of rotatable bonds is 8. The van der Waals surface area contributed by atoms with Crippen LogP contribution in [-0.4, -0.2) is 41.3 Å². The topological polar surface area (TPSA) is 128 Å². The Hall–Kier alpha value is -3.20. The quantitative estimate of drug-likeness (QED) is 0.374. The number of aliphatic carboxylic acids is 1. The second kappa shape index (κ2) is 9.08. The molecule has 2 N–H and O–H groups in total. The van der Waals surface area contributed by atoms with E-state index in [-0.39, 0.29) is 16.8 Å². The molecule has 162 valence electrons. The molecule has 1 heterocycles. The molecule has 1 aromatic rings. The van der Waals surface area contributed by atoms with Crippen LogP contribution in [0.4, 0.5) is 5.69 Å². The normalized spacial score (nSPS) is 16.9. The summed E-state index contributed by atoms with van der Waals surface area (Å²) in [5.74, 6) is -2.94. The summed E-state index contributed by atoms with van der Waals surface area (Å²) in [5.41, 5.74) is 0.0929. The average molecular weight is 418 g/mol. The number of nitro groups is 1. The van der Waals surface area contributed by atoms with E-state index in [0.717, 1.165) is 0 Å². The first-order chi connectivity index (χ1) is 14.0. The predicted octanol–water partition coefficient (Wildman–Crippen LogP) is 3.27. The van der Waals surface area contributed by atoms with Crippen molar-refractivity contribution >= 4 is 17.6 Å². The molecule has 0 fully saturated rings. The number of non-ortho nitro benzene ring substituents is 1. The maximum atomic E-state index is 13.2. The van der Waals surface area contributed by atoms with Crippen LogP contribution in [0.15, 0.2) is 46.8 Å². The number of hydrogen-bond donors (Lipinski definition) is 2. The molecule has 0 spiro atoms. The lowest BCUT2D eigenvalue weighted by atomic mass is 9.80. The molecule has 9 heteroatoms. The van der Waals surface area contributed by atoms with Crippen LogP contribution in [0.2, 0.25) is 0 Å². The second-order valence-corrected chi connectivity index (χ2v) is 7.68. The Kier molecular flexibility index (Phi) is 6.99. The van der Waals surface area contributed by atoms with Gasteiger partial charge in [0.2, 0.25) is 0 Å². The third-order valence-electron chi connectivity index (χ3n) is 4.90. The number of nitrogens with one attached hydrogen (secondary N) is 1. The molecule has 1 unspecified atom stereocenters. The van der Waals surface area contributed by atoms with Gasteiger partial charge in [0, 0.05) is 43.7 Å². The zero-order valence-electron chi connectivity index (χ0n) is 17.6. The number of carbonyl (C=O) groups is 2. The second-order valence-electron chi connectivity index (χ2n) is 7.68. The van der Waals surface area contributed by atoms with E-state index in [2.05, 4.69) is 5.32 Å². The van der Waals surface area contributed by atoms with E-state index in [9.17, 15) is 24.8 Å². The Morgan fingerprint density at radius 3 is 2.43 bits per heavy atom. The molecule has 0 saturated carbocycles. The fourth-order valence-corrected chi connectivity index (χ4v) is 3.40. The fraction of sp³-hybridized carbons (Fsp3) is 0.429. The van der Waals surface area contributed by atoms with Crippen molar-refractivity contribution in [2.45, 2.75) is 45.6 Å². The molecule has 0 aromatic heterocycles. The number of esters is 1. The minimum atomic E-state index is -1.23. The number of carboxylic acid groups (broad SMARTS) is 1. The number of allylic oxidation sites excluding steroid dienone is 2. The standard InChI is InChI=1S/C21H26N2O7/c1-12-16(19(24)25)18(14-7-6-8-15(11-14)23(27)28)17(13(2)22-12)20(26)30-21(3,4)9-10-29-5/h6-8,11,18,22H,9-10H2,1-5H3,(H,24,25). The molecule has 2 rings (SSSR count). The summed E-state index contributed by atoms with van der Waals surface area (Å²) in [6.45, 7) is 7.08. The van der Waals surface area contributed by atoms with Crippen LogP contribution in [0.1, 0.15) is 45.6 Å². The van der Waals surface area contributed by atoms with Crippen molar-refractivity contribution in [1.82, 2.24) is 5.32 Å². The Balaban J connectivity index is 2.57. The Morgan fingerprint density at radius 2 is 1.87 bits per heavy atom. The van der Waals surface area contributed by atoms with Crippen molar-refractivity contribution in [3.63, 3.8) is 0 Å². The molecule has 0 bridgehead atoms. The van der Waals surface area contributed by atoms with Gasteiger partial charge in [0.25, 0.3) is 5.69 Å². The van der Waals surface area contributed by atoms with Gasteiger partial charge in [-0.15, -0.1) is 0 Å². The molecule has 1 atom stereocenters. The Morgan fingerprint density at radius 1 is 1.23 bits per heavy atom. The summed E-state index contributed by atoms with van der Waals surface area (Å²) in [5, 5.41) is 24.0. The lowest BCUT2D eigenvalue weighted by Gasteiger charge is -2.32. The fourth-order valence-electron chi connectivity index (χ4n) is 3.40. The first kappa shape index (κ1) is 23.1. The van der Waals surface area contributed by atoms with E-state index in [1.165, 1.54) is 18.2 Å². The van der Waals surface area contributed by atoms with Crippen molar-refractivity contribution < 1.29 is 29.1 Å². The van der Waals surface area contributed by atoms with E-state index in [1.807, 2.05) is 0 Å². The Bertz CT molecular complexity index is 931.